The quantitative estimate of drug-likeness (QED) is 0.568. The van der Waals surface area contributed by atoms with Gasteiger partial charge in [-0.25, -0.2) is 0 Å². The van der Waals surface area contributed by atoms with Gasteiger partial charge in [-0.2, -0.15) is 13.2 Å². The molecule has 1 rings (SSSR count). The minimum absolute atomic E-state index is 0.158. The van der Waals surface area contributed by atoms with Crippen LogP contribution in [0.3, 0.4) is 0 Å². The minimum Gasteiger partial charge on any atom is -0.389 e. The summed E-state index contributed by atoms with van der Waals surface area (Å²) in [6, 6.07) is 3.86. The third-order valence-corrected chi connectivity index (χ3v) is 2.95. The standard InChI is InChI=1S/C14H19F3N2OS/c1-2-7-20-8-3-6-19-10-4-5-11(13(18)21)12(9-10)14(15,16)17/h4-5,9,19H,2-3,6-8H2,1H3,(H2,18,21). The molecule has 0 atom stereocenters. The van der Waals surface area contributed by atoms with Crippen LogP contribution in [0.4, 0.5) is 18.9 Å². The zero-order chi connectivity index (χ0) is 15.9. The first-order valence-electron chi connectivity index (χ1n) is 6.69. The SMILES string of the molecule is CCCOCCCNc1ccc(C(N)=S)c(C(F)(F)F)c1. The van der Waals surface area contributed by atoms with Gasteiger partial charge in [0.05, 0.1) is 5.56 Å². The number of ether oxygens (including phenoxy) is 1. The summed E-state index contributed by atoms with van der Waals surface area (Å²) in [5.41, 5.74) is 4.74. The Bertz CT molecular complexity index is 478. The lowest BCUT2D eigenvalue weighted by Crippen LogP contribution is -2.18. The molecule has 1 aromatic carbocycles. The molecule has 0 aliphatic rings. The van der Waals surface area contributed by atoms with Gasteiger partial charge in [0.25, 0.3) is 0 Å². The van der Waals surface area contributed by atoms with Crippen molar-refractivity contribution < 1.29 is 17.9 Å². The molecule has 3 N–H and O–H groups in total. The summed E-state index contributed by atoms with van der Waals surface area (Å²) in [6.45, 7) is 3.83. The molecule has 0 amide bonds. The van der Waals surface area contributed by atoms with Crippen LogP contribution in [0.15, 0.2) is 18.2 Å². The van der Waals surface area contributed by atoms with Crippen LogP contribution in [0.5, 0.6) is 0 Å². The average Bonchev–Trinajstić information content (AvgIpc) is 2.41. The molecule has 0 spiro atoms. The Morgan fingerprint density at radius 1 is 1.33 bits per heavy atom. The number of hydrogen-bond donors (Lipinski definition) is 2. The maximum Gasteiger partial charge on any atom is 0.417 e. The van der Waals surface area contributed by atoms with E-state index in [1.807, 2.05) is 6.92 Å². The first-order valence-corrected chi connectivity index (χ1v) is 7.09. The molecular weight excluding hydrogens is 301 g/mol. The Morgan fingerprint density at radius 3 is 2.62 bits per heavy atom. The van der Waals surface area contributed by atoms with E-state index in [2.05, 4.69) is 17.5 Å². The van der Waals surface area contributed by atoms with E-state index in [4.69, 9.17) is 10.5 Å². The molecular formula is C14H19F3N2OS. The van der Waals surface area contributed by atoms with E-state index < -0.39 is 11.7 Å². The number of thiocarbonyl (C=S) groups is 1. The van der Waals surface area contributed by atoms with Crippen molar-refractivity contribution in [2.24, 2.45) is 5.73 Å². The topological polar surface area (TPSA) is 47.3 Å². The number of nitrogens with one attached hydrogen (secondary N) is 1. The van der Waals surface area contributed by atoms with Gasteiger partial charge >= 0.3 is 6.18 Å². The molecule has 0 aliphatic heterocycles. The molecule has 0 heterocycles. The number of nitrogens with two attached hydrogens (primary N) is 1. The monoisotopic (exact) mass is 320 g/mol. The predicted molar refractivity (Wildman–Crippen MR) is 81.5 cm³/mol. The van der Waals surface area contributed by atoms with Crippen molar-refractivity contribution >= 4 is 22.9 Å². The van der Waals surface area contributed by atoms with Crippen molar-refractivity contribution in [3.8, 4) is 0 Å². The zero-order valence-electron chi connectivity index (χ0n) is 11.8. The average molecular weight is 320 g/mol. The van der Waals surface area contributed by atoms with Crippen LogP contribution in [0, 0.1) is 0 Å². The maximum absolute atomic E-state index is 13.0. The molecule has 0 fully saturated rings. The molecule has 0 aliphatic carbocycles. The minimum atomic E-state index is -4.49. The van der Waals surface area contributed by atoms with E-state index in [-0.39, 0.29) is 10.6 Å². The number of hydrogen-bond acceptors (Lipinski definition) is 3. The molecule has 118 valence electrons. The first kappa shape index (κ1) is 17.7. The van der Waals surface area contributed by atoms with E-state index in [1.54, 1.807) is 0 Å². The highest BCUT2D eigenvalue weighted by atomic mass is 32.1. The van der Waals surface area contributed by atoms with Crippen LogP contribution in [0.2, 0.25) is 0 Å². The van der Waals surface area contributed by atoms with Crippen molar-refractivity contribution in [3.63, 3.8) is 0 Å². The van der Waals surface area contributed by atoms with Crippen LogP contribution in [0.25, 0.3) is 0 Å². The number of benzene rings is 1. The van der Waals surface area contributed by atoms with Crippen LogP contribution >= 0.6 is 12.2 Å². The van der Waals surface area contributed by atoms with E-state index in [9.17, 15) is 13.2 Å². The highest BCUT2D eigenvalue weighted by Crippen LogP contribution is 2.33. The fourth-order valence-corrected chi connectivity index (χ4v) is 1.93. The van der Waals surface area contributed by atoms with Crippen LogP contribution in [0.1, 0.15) is 30.9 Å². The van der Waals surface area contributed by atoms with Gasteiger partial charge in [0.1, 0.15) is 4.99 Å². The van der Waals surface area contributed by atoms with Gasteiger partial charge < -0.3 is 15.8 Å². The van der Waals surface area contributed by atoms with E-state index in [1.165, 1.54) is 12.1 Å². The third kappa shape index (κ3) is 5.89. The maximum atomic E-state index is 13.0. The normalized spacial score (nSPS) is 11.4. The number of anilines is 1. The zero-order valence-corrected chi connectivity index (χ0v) is 12.6. The van der Waals surface area contributed by atoms with Crippen LogP contribution < -0.4 is 11.1 Å². The highest BCUT2D eigenvalue weighted by molar-refractivity contribution is 7.80. The smallest absolute Gasteiger partial charge is 0.389 e. The lowest BCUT2D eigenvalue weighted by atomic mass is 10.1. The van der Waals surface area contributed by atoms with E-state index in [0.29, 0.717) is 25.4 Å². The lowest BCUT2D eigenvalue weighted by molar-refractivity contribution is -0.137. The second kappa shape index (κ2) is 8.19. The second-order valence-electron chi connectivity index (χ2n) is 4.52. The van der Waals surface area contributed by atoms with Crippen LogP contribution in [-0.2, 0) is 10.9 Å². The Morgan fingerprint density at radius 2 is 2.05 bits per heavy atom. The van der Waals surface area contributed by atoms with Gasteiger partial charge in [-0.05, 0) is 31.0 Å². The summed E-state index contributed by atoms with van der Waals surface area (Å²) in [5.74, 6) is 0. The summed E-state index contributed by atoms with van der Waals surface area (Å²) >= 11 is 4.65. The van der Waals surface area contributed by atoms with Crippen molar-refractivity contribution in [2.75, 3.05) is 25.1 Å². The van der Waals surface area contributed by atoms with E-state index in [0.717, 1.165) is 18.9 Å². The Labute approximate surface area is 127 Å². The van der Waals surface area contributed by atoms with Crippen molar-refractivity contribution in [3.05, 3.63) is 29.3 Å². The molecule has 0 unspecified atom stereocenters. The Hall–Kier alpha value is -1.34. The number of alkyl halides is 3. The molecule has 7 heteroatoms. The van der Waals surface area contributed by atoms with Crippen molar-refractivity contribution in [1.29, 1.82) is 0 Å². The van der Waals surface area contributed by atoms with Gasteiger partial charge in [0.2, 0.25) is 0 Å². The molecule has 3 nitrogen and oxygen atoms in total. The molecule has 1 aromatic rings. The molecule has 0 radical (unpaired) electrons. The fraction of sp³-hybridized carbons (Fsp3) is 0.500. The number of rotatable bonds is 8. The van der Waals surface area contributed by atoms with Gasteiger partial charge in [0, 0.05) is 31.0 Å². The second-order valence-corrected chi connectivity index (χ2v) is 4.95. The van der Waals surface area contributed by atoms with Crippen LogP contribution in [-0.4, -0.2) is 24.7 Å². The lowest BCUT2D eigenvalue weighted by Gasteiger charge is -2.14. The van der Waals surface area contributed by atoms with Crippen molar-refractivity contribution in [1.82, 2.24) is 0 Å². The Kier molecular flexibility index (Phi) is 6.91. The van der Waals surface area contributed by atoms with E-state index >= 15 is 0 Å². The summed E-state index contributed by atoms with van der Waals surface area (Å²) in [7, 11) is 0. The number of halogens is 3. The molecule has 21 heavy (non-hydrogen) atoms. The van der Waals surface area contributed by atoms with Crippen molar-refractivity contribution in [2.45, 2.75) is 25.9 Å². The largest absolute Gasteiger partial charge is 0.417 e. The first-order chi connectivity index (χ1) is 9.86. The molecule has 0 saturated carbocycles. The summed E-state index contributed by atoms with van der Waals surface area (Å²) < 4.78 is 44.2. The fourth-order valence-electron chi connectivity index (χ4n) is 1.76. The highest BCUT2D eigenvalue weighted by Gasteiger charge is 2.34. The molecule has 0 saturated heterocycles. The van der Waals surface area contributed by atoms with Gasteiger partial charge in [-0.3, -0.25) is 0 Å². The summed E-state index contributed by atoms with van der Waals surface area (Å²) in [6.07, 6.45) is -2.82. The predicted octanol–water partition coefficient (Wildman–Crippen LogP) is 3.57. The Balaban J connectivity index is 2.66. The van der Waals surface area contributed by atoms with Gasteiger partial charge in [0.15, 0.2) is 0 Å². The summed E-state index contributed by atoms with van der Waals surface area (Å²) in [4.78, 5) is -0.262. The molecule has 0 aromatic heterocycles. The summed E-state index contributed by atoms with van der Waals surface area (Å²) in [5, 5.41) is 2.94. The molecule has 0 bridgehead atoms. The van der Waals surface area contributed by atoms with Gasteiger partial charge in [-0.1, -0.05) is 19.1 Å². The van der Waals surface area contributed by atoms with Gasteiger partial charge in [-0.15, -0.1) is 0 Å². The third-order valence-electron chi connectivity index (χ3n) is 2.73.